The fourth-order valence-electron chi connectivity index (χ4n) is 1.39. The SMILES string of the molecule is CC1(C(F)(F)C(=O)O)CCOCC1. The molecule has 0 unspecified atom stereocenters. The highest BCUT2D eigenvalue weighted by molar-refractivity contribution is 5.76. The topological polar surface area (TPSA) is 46.5 Å². The molecule has 1 saturated heterocycles. The summed E-state index contributed by atoms with van der Waals surface area (Å²) in [4.78, 5) is 10.3. The van der Waals surface area contributed by atoms with Gasteiger partial charge in [-0.25, -0.2) is 4.79 Å². The summed E-state index contributed by atoms with van der Waals surface area (Å²) in [5.41, 5.74) is -1.46. The number of carbonyl (C=O) groups is 1. The van der Waals surface area contributed by atoms with Crippen molar-refractivity contribution in [3.63, 3.8) is 0 Å². The van der Waals surface area contributed by atoms with Crippen molar-refractivity contribution < 1.29 is 23.4 Å². The van der Waals surface area contributed by atoms with Gasteiger partial charge in [-0.3, -0.25) is 0 Å². The van der Waals surface area contributed by atoms with E-state index in [0.717, 1.165) is 0 Å². The van der Waals surface area contributed by atoms with Crippen molar-refractivity contribution in [2.24, 2.45) is 5.41 Å². The minimum atomic E-state index is -3.66. The monoisotopic (exact) mass is 194 g/mol. The van der Waals surface area contributed by atoms with Crippen LogP contribution in [-0.2, 0) is 9.53 Å². The molecule has 76 valence electrons. The third kappa shape index (κ3) is 1.65. The van der Waals surface area contributed by atoms with Crippen LogP contribution in [0.15, 0.2) is 0 Å². The number of aliphatic carboxylic acids is 1. The lowest BCUT2D eigenvalue weighted by atomic mass is 9.76. The first-order chi connectivity index (χ1) is 5.90. The van der Waals surface area contributed by atoms with Crippen LogP contribution in [0.4, 0.5) is 8.78 Å². The maximum Gasteiger partial charge on any atom is 0.375 e. The predicted molar refractivity (Wildman–Crippen MR) is 40.7 cm³/mol. The molecule has 0 bridgehead atoms. The van der Waals surface area contributed by atoms with Gasteiger partial charge in [-0.15, -0.1) is 0 Å². The minimum absolute atomic E-state index is 0.0896. The Morgan fingerprint density at radius 1 is 1.46 bits per heavy atom. The first-order valence-corrected chi connectivity index (χ1v) is 4.09. The number of hydrogen-bond donors (Lipinski definition) is 1. The average molecular weight is 194 g/mol. The van der Waals surface area contributed by atoms with Gasteiger partial charge in [0.05, 0.1) is 0 Å². The molecular weight excluding hydrogens is 182 g/mol. The molecule has 0 radical (unpaired) electrons. The van der Waals surface area contributed by atoms with Gasteiger partial charge in [0.2, 0.25) is 0 Å². The van der Waals surface area contributed by atoms with Gasteiger partial charge in [0, 0.05) is 18.6 Å². The third-order valence-corrected chi connectivity index (χ3v) is 2.62. The number of carboxylic acid groups (broad SMARTS) is 1. The molecule has 0 spiro atoms. The first-order valence-electron chi connectivity index (χ1n) is 4.09. The Kier molecular flexibility index (Phi) is 2.56. The van der Waals surface area contributed by atoms with Gasteiger partial charge >= 0.3 is 11.9 Å². The molecule has 0 atom stereocenters. The highest BCUT2D eigenvalue weighted by Crippen LogP contribution is 2.44. The summed E-state index contributed by atoms with van der Waals surface area (Å²) in [6.45, 7) is 1.71. The standard InChI is InChI=1S/C8H12F2O3/c1-7(2-4-13-5-3-7)8(9,10)6(11)12/h2-5H2,1H3,(H,11,12). The van der Waals surface area contributed by atoms with E-state index in [9.17, 15) is 13.6 Å². The smallest absolute Gasteiger partial charge is 0.375 e. The molecule has 1 fully saturated rings. The van der Waals surface area contributed by atoms with E-state index >= 15 is 0 Å². The predicted octanol–water partition coefficient (Wildman–Crippen LogP) is 1.52. The lowest BCUT2D eigenvalue weighted by Crippen LogP contribution is -2.48. The number of alkyl halides is 2. The summed E-state index contributed by atoms with van der Waals surface area (Å²) < 4.78 is 31.2. The zero-order valence-electron chi connectivity index (χ0n) is 7.35. The van der Waals surface area contributed by atoms with Crippen molar-refractivity contribution in [2.45, 2.75) is 25.7 Å². The van der Waals surface area contributed by atoms with Crippen LogP contribution in [0.5, 0.6) is 0 Å². The second kappa shape index (κ2) is 3.21. The Hall–Kier alpha value is -0.710. The van der Waals surface area contributed by atoms with Crippen LogP contribution < -0.4 is 0 Å². The largest absolute Gasteiger partial charge is 0.477 e. The van der Waals surface area contributed by atoms with Crippen LogP contribution in [0.25, 0.3) is 0 Å². The molecule has 0 saturated carbocycles. The van der Waals surface area contributed by atoms with Crippen molar-refractivity contribution in [3.8, 4) is 0 Å². The third-order valence-electron chi connectivity index (χ3n) is 2.62. The highest BCUT2D eigenvalue weighted by Gasteiger charge is 2.56. The van der Waals surface area contributed by atoms with Crippen LogP contribution in [0, 0.1) is 5.41 Å². The van der Waals surface area contributed by atoms with Gasteiger partial charge in [0.15, 0.2) is 0 Å². The highest BCUT2D eigenvalue weighted by atomic mass is 19.3. The fourth-order valence-corrected chi connectivity index (χ4v) is 1.39. The average Bonchev–Trinajstić information content (AvgIpc) is 2.05. The molecule has 0 aliphatic carbocycles. The van der Waals surface area contributed by atoms with E-state index < -0.39 is 17.3 Å². The molecule has 0 aromatic rings. The Morgan fingerprint density at radius 2 is 1.92 bits per heavy atom. The molecular formula is C8H12F2O3. The Bertz CT molecular complexity index is 209. The van der Waals surface area contributed by atoms with Crippen molar-refractivity contribution in [1.29, 1.82) is 0 Å². The second-order valence-electron chi connectivity index (χ2n) is 3.55. The summed E-state index contributed by atoms with van der Waals surface area (Å²) in [5.74, 6) is -5.70. The van der Waals surface area contributed by atoms with E-state index in [4.69, 9.17) is 9.84 Å². The number of carboxylic acids is 1. The normalized spacial score (nSPS) is 22.7. The molecule has 0 aromatic carbocycles. The molecule has 5 heteroatoms. The van der Waals surface area contributed by atoms with E-state index in [0.29, 0.717) is 0 Å². The maximum atomic E-state index is 13.2. The van der Waals surface area contributed by atoms with Gasteiger partial charge in [0.25, 0.3) is 0 Å². The zero-order valence-corrected chi connectivity index (χ0v) is 7.35. The Labute approximate surface area is 74.7 Å². The maximum absolute atomic E-state index is 13.2. The summed E-state index contributed by atoms with van der Waals surface area (Å²) in [5, 5.41) is 8.37. The van der Waals surface area contributed by atoms with Crippen LogP contribution in [0.3, 0.4) is 0 Å². The fraction of sp³-hybridized carbons (Fsp3) is 0.875. The van der Waals surface area contributed by atoms with E-state index in [2.05, 4.69) is 0 Å². The van der Waals surface area contributed by atoms with Crippen LogP contribution in [0.1, 0.15) is 19.8 Å². The molecule has 3 nitrogen and oxygen atoms in total. The lowest BCUT2D eigenvalue weighted by Gasteiger charge is -2.37. The molecule has 1 rings (SSSR count). The number of rotatable bonds is 2. The summed E-state index contributed by atoms with van der Waals surface area (Å²) in [6.07, 6.45) is 0.179. The van der Waals surface area contributed by atoms with E-state index in [-0.39, 0.29) is 26.1 Å². The van der Waals surface area contributed by atoms with Crippen molar-refractivity contribution in [3.05, 3.63) is 0 Å². The van der Waals surface area contributed by atoms with Gasteiger partial charge in [-0.05, 0) is 12.8 Å². The van der Waals surface area contributed by atoms with Gasteiger partial charge in [-0.1, -0.05) is 6.92 Å². The van der Waals surface area contributed by atoms with Crippen LogP contribution >= 0.6 is 0 Å². The second-order valence-corrected chi connectivity index (χ2v) is 3.55. The Morgan fingerprint density at radius 3 is 2.31 bits per heavy atom. The first kappa shape index (κ1) is 10.4. The quantitative estimate of drug-likeness (QED) is 0.725. The zero-order chi connectivity index (χ0) is 10.1. The van der Waals surface area contributed by atoms with Gasteiger partial charge in [-0.2, -0.15) is 8.78 Å². The molecule has 0 amide bonds. The van der Waals surface area contributed by atoms with E-state index in [1.807, 2.05) is 0 Å². The summed E-state index contributed by atoms with van der Waals surface area (Å²) in [6, 6.07) is 0. The van der Waals surface area contributed by atoms with Crippen LogP contribution in [0.2, 0.25) is 0 Å². The van der Waals surface area contributed by atoms with E-state index in [1.165, 1.54) is 6.92 Å². The Balaban J connectivity index is 2.82. The van der Waals surface area contributed by atoms with Crippen molar-refractivity contribution in [2.75, 3.05) is 13.2 Å². The molecule has 1 heterocycles. The molecule has 0 aromatic heterocycles. The molecule has 1 aliphatic rings. The molecule has 13 heavy (non-hydrogen) atoms. The number of ether oxygens (including phenoxy) is 1. The molecule has 1 N–H and O–H groups in total. The van der Waals surface area contributed by atoms with Crippen molar-refractivity contribution in [1.82, 2.24) is 0 Å². The summed E-state index contributed by atoms with van der Waals surface area (Å²) in [7, 11) is 0. The van der Waals surface area contributed by atoms with Crippen molar-refractivity contribution >= 4 is 5.97 Å². The molecule has 1 aliphatic heterocycles. The van der Waals surface area contributed by atoms with E-state index in [1.54, 1.807) is 0 Å². The summed E-state index contributed by atoms with van der Waals surface area (Å²) >= 11 is 0. The number of halogens is 2. The van der Waals surface area contributed by atoms with Gasteiger partial charge in [0.1, 0.15) is 0 Å². The minimum Gasteiger partial charge on any atom is -0.477 e. The van der Waals surface area contributed by atoms with Gasteiger partial charge < -0.3 is 9.84 Å². The lowest BCUT2D eigenvalue weighted by molar-refractivity contribution is -0.196. The number of hydrogen-bond acceptors (Lipinski definition) is 2. The van der Waals surface area contributed by atoms with Crippen LogP contribution in [-0.4, -0.2) is 30.2 Å².